The maximum Gasteiger partial charge on any atom is 0.123 e. The molecule has 3 nitrogen and oxygen atoms in total. The third-order valence-corrected chi connectivity index (χ3v) is 3.96. The standard InChI is InChI=1S/C16H18ClNO2/c1-11(19)12-4-7-16(15(17)9-12)18(13-5-6-13)10-14-3-2-8-20-14/h2-4,7-9,11,13,19H,5-6,10H2,1H3/t11-/m1/s1. The van der Waals surface area contributed by atoms with Crippen molar-refractivity contribution in [1.29, 1.82) is 0 Å². The Kier molecular flexibility index (Phi) is 3.72. The van der Waals surface area contributed by atoms with Gasteiger partial charge >= 0.3 is 0 Å². The quantitative estimate of drug-likeness (QED) is 0.899. The molecule has 4 heteroatoms. The largest absolute Gasteiger partial charge is 0.467 e. The van der Waals surface area contributed by atoms with Gasteiger partial charge in [-0.15, -0.1) is 0 Å². The smallest absolute Gasteiger partial charge is 0.123 e. The molecule has 1 atom stereocenters. The highest BCUT2D eigenvalue weighted by molar-refractivity contribution is 6.33. The zero-order valence-corrected chi connectivity index (χ0v) is 12.2. The minimum absolute atomic E-state index is 0.499. The molecule has 20 heavy (non-hydrogen) atoms. The van der Waals surface area contributed by atoms with Crippen LogP contribution < -0.4 is 4.90 Å². The molecule has 1 aliphatic carbocycles. The molecule has 1 heterocycles. The van der Waals surface area contributed by atoms with Gasteiger partial charge < -0.3 is 14.4 Å². The summed E-state index contributed by atoms with van der Waals surface area (Å²) in [6.45, 7) is 2.47. The number of aliphatic hydroxyl groups is 1. The highest BCUT2D eigenvalue weighted by atomic mass is 35.5. The van der Waals surface area contributed by atoms with Crippen LogP contribution in [-0.4, -0.2) is 11.1 Å². The van der Waals surface area contributed by atoms with Crippen LogP contribution in [0.5, 0.6) is 0 Å². The zero-order chi connectivity index (χ0) is 14.1. The highest BCUT2D eigenvalue weighted by Gasteiger charge is 2.31. The molecule has 1 aromatic heterocycles. The van der Waals surface area contributed by atoms with E-state index in [1.807, 2.05) is 30.3 Å². The lowest BCUT2D eigenvalue weighted by molar-refractivity contribution is 0.199. The summed E-state index contributed by atoms with van der Waals surface area (Å²) in [4.78, 5) is 2.28. The number of anilines is 1. The molecule has 2 aromatic rings. The van der Waals surface area contributed by atoms with Gasteiger partial charge in [0.05, 0.1) is 29.6 Å². The summed E-state index contributed by atoms with van der Waals surface area (Å²) in [7, 11) is 0. The molecule has 0 unspecified atom stereocenters. The van der Waals surface area contributed by atoms with Gasteiger partial charge in [-0.3, -0.25) is 0 Å². The lowest BCUT2D eigenvalue weighted by Crippen LogP contribution is -2.25. The maximum absolute atomic E-state index is 9.62. The molecule has 1 fully saturated rings. The van der Waals surface area contributed by atoms with Crippen molar-refractivity contribution in [2.45, 2.75) is 38.5 Å². The van der Waals surface area contributed by atoms with Crippen LogP contribution in [0.1, 0.15) is 37.2 Å². The average molecular weight is 292 g/mol. The first-order chi connectivity index (χ1) is 9.65. The third kappa shape index (κ3) is 2.84. The van der Waals surface area contributed by atoms with E-state index >= 15 is 0 Å². The van der Waals surface area contributed by atoms with E-state index < -0.39 is 6.10 Å². The summed E-state index contributed by atoms with van der Waals surface area (Å²) >= 11 is 6.40. The summed E-state index contributed by atoms with van der Waals surface area (Å²) in [5, 5.41) is 10.3. The average Bonchev–Trinajstić information content (AvgIpc) is 3.14. The van der Waals surface area contributed by atoms with Gasteiger partial charge in [0.1, 0.15) is 5.76 Å². The summed E-state index contributed by atoms with van der Waals surface area (Å²) < 4.78 is 5.44. The van der Waals surface area contributed by atoms with E-state index in [0.29, 0.717) is 11.1 Å². The van der Waals surface area contributed by atoms with Gasteiger partial charge in [-0.25, -0.2) is 0 Å². The van der Waals surface area contributed by atoms with Gasteiger partial charge in [-0.2, -0.15) is 0 Å². The number of hydrogen-bond donors (Lipinski definition) is 1. The van der Waals surface area contributed by atoms with Crippen molar-refractivity contribution in [3.05, 3.63) is 52.9 Å². The minimum Gasteiger partial charge on any atom is -0.467 e. The van der Waals surface area contributed by atoms with Crippen molar-refractivity contribution in [2.75, 3.05) is 4.90 Å². The highest BCUT2D eigenvalue weighted by Crippen LogP contribution is 2.37. The first-order valence-corrected chi connectivity index (χ1v) is 7.29. The number of hydrogen-bond acceptors (Lipinski definition) is 3. The van der Waals surface area contributed by atoms with Gasteiger partial charge in [0.25, 0.3) is 0 Å². The topological polar surface area (TPSA) is 36.6 Å². The van der Waals surface area contributed by atoms with Crippen LogP contribution in [0.3, 0.4) is 0 Å². The van der Waals surface area contributed by atoms with Crippen LogP contribution in [-0.2, 0) is 6.54 Å². The number of rotatable bonds is 5. The summed E-state index contributed by atoms with van der Waals surface area (Å²) in [6.07, 6.45) is 3.57. The van der Waals surface area contributed by atoms with E-state index in [1.54, 1.807) is 13.2 Å². The van der Waals surface area contributed by atoms with Crippen LogP contribution in [0.15, 0.2) is 41.0 Å². The van der Waals surface area contributed by atoms with Gasteiger partial charge in [0, 0.05) is 6.04 Å². The van der Waals surface area contributed by atoms with Crippen LogP contribution in [0.4, 0.5) is 5.69 Å². The molecule has 0 bridgehead atoms. The lowest BCUT2D eigenvalue weighted by atomic mass is 10.1. The Hall–Kier alpha value is -1.45. The second kappa shape index (κ2) is 5.51. The molecule has 0 spiro atoms. The second-order valence-corrected chi connectivity index (χ2v) is 5.73. The van der Waals surface area contributed by atoms with E-state index in [2.05, 4.69) is 4.90 Å². The summed E-state index contributed by atoms with van der Waals surface area (Å²) in [6, 6.07) is 10.2. The molecule has 1 aromatic carbocycles. The van der Waals surface area contributed by atoms with E-state index in [1.165, 1.54) is 12.8 Å². The zero-order valence-electron chi connectivity index (χ0n) is 11.4. The van der Waals surface area contributed by atoms with Gasteiger partial charge in [-0.05, 0) is 49.6 Å². The fraction of sp³-hybridized carbons (Fsp3) is 0.375. The van der Waals surface area contributed by atoms with Crippen LogP contribution in [0.2, 0.25) is 5.02 Å². The second-order valence-electron chi connectivity index (χ2n) is 5.33. The van der Waals surface area contributed by atoms with E-state index in [4.69, 9.17) is 16.0 Å². The molecule has 106 valence electrons. The molecule has 0 amide bonds. The Morgan fingerprint density at radius 3 is 2.75 bits per heavy atom. The Morgan fingerprint density at radius 2 is 2.20 bits per heavy atom. The van der Waals surface area contributed by atoms with Crippen molar-refractivity contribution in [1.82, 2.24) is 0 Å². The molecule has 0 aliphatic heterocycles. The first-order valence-electron chi connectivity index (χ1n) is 6.91. The lowest BCUT2D eigenvalue weighted by Gasteiger charge is -2.25. The van der Waals surface area contributed by atoms with Crippen LogP contribution in [0, 0.1) is 0 Å². The van der Waals surface area contributed by atoms with E-state index in [-0.39, 0.29) is 0 Å². The van der Waals surface area contributed by atoms with E-state index in [9.17, 15) is 5.11 Å². The van der Waals surface area contributed by atoms with Crippen molar-refractivity contribution < 1.29 is 9.52 Å². The first kappa shape index (κ1) is 13.5. The normalized spacial score (nSPS) is 16.1. The van der Waals surface area contributed by atoms with Crippen LogP contribution >= 0.6 is 11.6 Å². The third-order valence-electron chi connectivity index (χ3n) is 3.66. The molecule has 1 saturated carbocycles. The number of nitrogens with zero attached hydrogens (tertiary/aromatic N) is 1. The Bertz CT molecular complexity index is 576. The van der Waals surface area contributed by atoms with Crippen molar-refractivity contribution in [3.8, 4) is 0 Å². The fourth-order valence-electron chi connectivity index (χ4n) is 2.38. The molecular weight excluding hydrogens is 274 g/mol. The molecule has 0 saturated heterocycles. The van der Waals surface area contributed by atoms with Gasteiger partial charge in [0.15, 0.2) is 0 Å². The van der Waals surface area contributed by atoms with E-state index in [0.717, 1.165) is 23.6 Å². The Labute approximate surface area is 123 Å². The minimum atomic E-state index is -0.499. The Morgan fingerprint density at radius 1 is 1.40 bits per heavy atom. The molecule has 1 aliphatic rings. The molecule has 1 N–H and O–H groups in total. The number of furan rings is 1. The molecule has 3 rings (SSSR count). The number of benzene rings is 1. The Balaban J connectivity index is 1.87. The van der Waals surface area contributed by atoms with Crippen LogP contribution in [0.25, 0.3) is 0 Å². The monoisotopic (exact) mass is 291 g/mol. The van der Waals surface area contributed by atoms with Crippen molar-refractivity contribution >= 4 is 17.3 Å². The van der Waals surface area contributed by atoms with Gasteiger partial charge in [-0.1, -0.05) is 17.7 Å². The fourth-order valence-corrected chi connectivity index (χ4v) is 2.68. The predicted molar refractivity (Wildman–Crippen MR) is 80.0 cm³/mol. The summed E-state index contributed by atoms with van der Waals surface area (Å²) in [5.74, 6) is 0.938. The van der Waals surface area contributed by atoms with Gasteiger partial charge in [0.2, 0.25) is 0 Å². The summed E-state index contributed by atoms with van der Waals surface area (Å²) in [5.41, 5.74) is 1.85. The molecular formula is C16H18ClNO2. The molecule has 0 radical (unpaired) electrons. The SMILES string of the molecule is C[C@@H](O)c1ccc(N(Cc2ccco2)C2CC2)c(Cl)c1. The predicted octanol–water partition coefficient (Wildman–Crippen LogP) is 4.16. The number of halogens is 1. The van der Waals surface area contributed by atoms with Crippen molar-refractivity contribution in [2.24, 2.45) is 0 Å². The number of aliphatic hydroxyl groups excluding tert-OH is 1. The maximum atomic E-state index is 9.62. The van der Waals surface area contributed by atoms with Crippen molar-refractivity contribution in [3.63, 3.8) is 0 Å².